The molecule has 2 aliphatic rings. The third-order valence-electron chi connectivity index (χ3n) is 5.33. The van der Waals surface area contributed by atoms with Crippen molar-refractivity contribution in [3.63, 3.8) is 0 Å². The van der Waals surface area contributed by atoms with Gasteiger partial charge in [-0.15, -0.1) is 0 Å². The van der Waals surface area contributed by atoms with Crippen LogP contribution in [0.4, 0.5) is 0 Å². The topological polar surface area (TPSA) is 89.6 Å². The third kappa shape index (κ3) is 3.50. The first-order chi connectivity index (χ1) is 14.7. The molecule has 0 bridgehead atoms. The molecular formula is C22H22N4O4. The van der Waals surface area contributed by atoms with E-state index >= 15 is 0 Å². The van der Waals surface area contributed by atoms with Gasteiger partial charge in [-0.25, -0.2) is 4.98 Å². The normalized spacial score (nSPS) is 15.1. The minimum atomic E-state index is -0.0979. The SMILES string of the molecule is CCOc1cc2c(cc1CN1CCc3nc(-c4cccnc4)[nH]c(=O)c3C1)OCO2. The van der Waals surface area contributed by atoms with Crippen LogP contribution >= 0.6 is 0 Å². The van der Waals surface area contributed by atoms with Gasteiger partial charge in [0.05, 0.1) is 17.9 Å². The molecular weight excluding hydrogens is 384 g/mol. The predicted molar refractivity (Wildman–Crippen MR) is 110 cm³/mol. The first-order valence-corrected chi connectivity index (χ1v) is 10.0. The van der Waals surface area contributed by atoms with Crippen LogP contribution in [-0.2, 0) is 19.5 Å². The molecule has 0 amide bonds. The van der Waals surface area contributed by atoms with E-state index < -0.39 is 0 Å². The van der Waals surface area contributed by atoms with Crippen molar-refractivity contribution in [3.05, 3.63) is 63.8 Å². The summed E-state index contributed by atoms with van der Waals surface area (Å²) < 4.78 is 16.8. The van der Waals surface area contributed by atoms with Crippen molar-refractivity contribution in [1.29, 1.82) is 0 Å². The van der Waals surface area contributed by atoms with E-state index in [0.717, 1.165) is 34.9 Å². The van der Waals surface area contributed by atoms with Gasteiger partial charge in [0.2, 0.25) is 6.79 Å². The zero-order valence-corrected chi connectivity index (χ0v) is 16.7. The summed E-state index contributed by atoms with van der Waals surface area (Å²) in [6.07, 6.45) is 4.11. The van der Waals surface area contributed by atoms with Crippen LogP contribution in [0.5, 0.6) is 17.2 Å². The summed E-state index contributed by atoms with van der Waals surface area (Å²) in [5.41, 5.74) is 3.29. The van der Waals surface area contributed by atoms with Gasteiger partial charge in [-0.1, -0.05) is 0 Å². The Morgan fingerprint density at radius 3 is 2.93 bits per heavy atom. The van der Waals surface area contributed by atoms with Crippen LogP contribution in [0.3, 0.4) is 0 Å². The van der Waals surface area contributed by atoms with E-state index in [1.807, 2.05) is 31.2 Å². The highest BCUT2D eigenvalue weighted by Gasteiger charge is 2.24. The Labute approximate surface area is 173 Å². The van der Waals surface area contributed by atoms with Crippen LogP contribution in [0, 0.1) is 0 Å². The van der Waals surface area contributed by atoms with E-state index in [9.17, 15) is 4.79 Å². The van der Waals surface area contributed by atoms with E-state index in [1.54, 1.807) is 12.4 Å². The number of benzene rings is 1. The fourth-order valence-corrected chi connectivity index (χ4v) is 3.88. The van der Waals surface area contributed by atoms with Gasteiger partial charge in [-0.3, -0.25) is 14.7 Å². The zero-order chi connectivity index (χ0) is 20.5. The smallest absolute Gasteiger partial charge is 0.255 e. The van der Waals surface area contributed by atoms with Crippen LogP contribution in [0.2, 0.25) is 0 Å². The number of rotatable bonds is 5. The Kier molecular flexibility index (Phi) is 4.84. The Bertz CT molecular complexity index is 1130. The molecule has 0 radical (unpaired) electrons. The largest absolute Gasteiger partial charge is 0.493 e. The lowest BCUT2D eigenvalue weighted by molar-refractivity contribution is 0.173. The van der Waals surface area contributed by atoms with E-state index in [1.165, 1.54) is 0 Å². The Morgan fingerprint density at radius 1 is 1.27 bits per heavy atom. The summed E-state index contributed by atoms with van der Waals surface area (Å²) in [6, 6.07) is 7.57. The van der Waals surface area contributed by atoms with Crippen molar-refractivity contribution < 1.29 is 14.2 Å². The number of aromatic nitrogens is 3. The molecule has 0 spiro atoms. The molecule has 1 aromatic carbocycles. The second kappa shape index (κ2) is 7.79. The van der Waals surface area contributed by atoms with Crippen LogP contribution in [-0.4, -0.2) is 39.8 Å². The fourth-order valence-electron chi connectivity index (χ4n) is 3.88. The first kappa shape index (κ1) is 18.6. The second-order valence-electron chi connectivity index (χ2n) is 7.29. The minimum absolute atomic E-state index is 0.0979. The maximum absolute atomic E-state index is 12.8. The predicted octanol–water partition coefficient (Wildman–Crippen LogP) is 2.52. The van der Waals surface area contributed by atoms with Crippen molar-refractivity contribution >= 4 is 0 Å². The molecule has 4 heterocycles. The molecule has 5 rings (SSSR count). The molecule has 0 aliphatic carbocycles. The summed E-state index contributed by atoms with van der Waals surface area (Å²) in [7, 11) is 0. The number of H-pyrrole nitrogens is 1. The molecule has 154 valence electrons. The molecule has 2 aromatic heterocycles. The highest BCUT2D eigenvalue weighted by molar-refractivity contribution is 5.54. The van der Waals surface area contributed by atoms with Crippen molar-refractivity contribution in [2.45, 2.75) is 26.4 Å². The lowest BCUT2D eigenvalue weighted by Gasteiger charge is -2.28. The van der Waals surface area contributed by atoms with E-state index in [4.69, 9.17) is 19.2 Å². The molecule has 30 heavy (non-hydrogen) atoms. The number of aromatic amines is 1. The van der Waals surface area contributed by atoms with Gasteiger partial charge in [0.15, 0.2) is 11.5 Å². The molecule has 8 nitrogen and oxygen atoms in total. The fraction of sp³-hybridized carbons (Fsp3) is 0.318. The summed E-state index contributed by atoms with van der Waals surface area (Å²) in [4.78, 5) is 26.7. The van der Waals surface area contributed by atoms with Gasteiger partial charge in [0.25, 0.3) is 5.56 Å². The molecule has 3 aromatic rings. The maximum atomic E-state index is 12.8. The number of hydrogen-bond acceptors (Lipinski definition) is 7. The molecule has 2 aliphatic heterocycles. The van der Waals surface area contributed by atoms with Gasteiger partial charge >= 0.3 is 0 Å². The van der Waals surface area contributed by atoms with Crippen molar-refractivity contribution in [3.8, 4) is 28.6 Å². The average Bonchev–Trinajstić information content (AvgIpc) is 3.22. The number of hydrogen-bond donors (Lipinski definition) is 1. The molecule has 0 atom stereocenters. The van der Waals surface area contributed by atoms with Gasteiger partial charge < -0.3 is 19.2 Å². The molecule has 1 N–H and O–H groups in total. The number of nitrogens with one attached hydrogen (secondary N) is 1. The molecule has 0 saturated carbocycles. The van der Waals surface area contributed by atoms with Crippen LogP contribution in [0.25, 0.3) is 11.4 Å². The van der Waals surface area contributed by atoms with Crippen LogP contribution < -0.4 is 19.8 Å². The average molecular weight is 406 g/mol. The monoisotopic (exact) mass is 406 g/mol. The molecule has 0 saturated heterocycles. The maximum Gasteiger partial charge on any atom is 0.255 e. The van der Waals surface area contributed by atoms with Crippen LogP contribution in [0.15, 0.2) is 41.5 Å². The quantitative estimate of drug-likeness (QED) is 0.696. The highest BCUT2D eigenvalue weighted by atomic mass is 16.7. The number of pyridine rings is 1. The van der Waals surface area contributed by atoms with Gasteiger partial charge in [0.1, 0.15) is 11.6 Å². The van der Waals surface area contributed by atoms with E-state index in [0.29, 0.717) is 43.3 Å². The molecule has 0 fully saturated rings. The van der Waals surface area contributed by atoms with Gasteiger partial charge in [0, 0.05) is 55.6 Å². The summed E-state index contributed by atoms with van der Waals surface area (Å²) in [5, 5.41) is 0. The molecule has 8 heteroatoms. The van der Waals surface area contributed by atoms with Crippen molar-refractivity contribution in [1.82, 2.24) is 19.9 Å². The standard InChI is InChI=1S/C22H22N4O4/c1-2-28-18-9-20-19(29-13-30-20)8-15(18)11-26-7-5-17-16(12-26)22(27)25-21(24-17)14-4-3-6-23-10-14/h3-4,6,8-10H,2,5,7,11-13H2,1H3,(H,24,25,27). The minimum Gasteiger partial charge on any atom is -0.493 e. The Morgan fingerprint density at radius 2 is 2.13 bits per heavy atom. The summed E-state index contributed by atoms with van der Waals surface area (Å²) in [6.45, 7) is 4.73. The number of fused-ring (bicyclic) bond motifs is 2. The van der Waals surface area contributed by atoms with Crippen LogP contribution in [0.1, 0.15) is 23.7 Å². The summed E-state index contributed by atoms with van der Waals surface area (Å²) in [5.74, 6) is 2.78. The first-order valence-electron chi connectivity index (χ1n) is 10.0. The number of ether oxygens (including phenoxy) is 3. The summed E-state index contributed by atoms with van der Waals surface area (Å²) >= 11 is 0. The molecule has 0 unspecified atom stereocenters. The van der Waals surface area contributed by atoms with Crippen molar-refractivity contribution in [2.75, 3.05) is 19.9 Å². The third-order valence-corrected chi connectivity index (χ3v) is 5.33. The van der Waals surface area contributed by atoms with Gasteiger partial charge in [-0.05, 0) is 25.1 Å². The van der Waals surface area contributed by atoms with Crippen molar-refractivity contribution in [2.24, 2.45) is 0 Å². The lowest BCUT2D eigenvalue weighted by atomic mass is 10.0. The van der Waals surface area contributed by atoms with E-state index in [-0.39, 0.29) is 12.4 Å². The lowest BCUT2D eigenvalue weighted by Crippen LogP contribution is -2.35. The highest BCUT2D eigenvalue weighted by Crippen LogP contribution is 2.39. The second-order valence-corrected chi connectivity index (χ2v) is 7.29. The zero-order valence-electron chi connectivity index (χ0n) is 16.7. The van der Waals surface area contributed by atoms with E-state index in [2.05, 4.69) is 14.9 Å². The Balaban J connectivity index is 1.40. The Hall–Kier alpha value is -3.39. The van der Waals surface area contributed by atoms with Gasteiger partial charge in [-0.2, -0.15) is 0 Å². The number of nitrogens with zero attached hydrogens (tertiary/aromatic N) is 3.